The van der Waals surface area contributed by atoms with Crippen molar-refractivity contribution in [2.45, 2.75) is 6.92 Å². The van der Waals surface area contributed by atoms with E-state index in [0.717, 1.165) is 12.3 Å². The van der Waals surface area contributed by atoms with Crippen LogP contribution in [0.4, 0.5) is 15.8 Å². The number of hydrogen-bond donors (Lipinski definition) is 3. The summed E-state index contributed by atoms with van der Waals surface area (Å²) < 4.78 is 39.3. The summed E-state index contributed by atoms with van der Waals surface area (Å²) in [7, 11) is -3.60. The number of aromatic nitrogens is 1. The molecule has 1 amide bonds. The molecule has 0 aliphatic heterocycles. The van der Waals surface area contributed by atoms with Crippen LogP contribution in [0.5, 0.6) is 0 Å². The molecule has 0 spiro atoms. The first-order valence-corrected chi connectivity index (χ1v) is 9.75. The summed E-state index contributed by atoms with van der Waals surface area (Å²) in [6, 6.07) is 9.93. The van der Waals surface area contributed by atoms with E-state index in [-0.39, 0.29) is 28.0 Å². The fourth-order valence-corrected chi connectivity index (χ4v) is 3.22. The Bertz CT molecular complexity index is 1200. The van der Waals surface area contributed by atoms with Gasteiger partial charge in [0.05, 0.1) is 23.1 Å². The van der Waals surface area contributed by atoms with Gasteiger partial charge in [0.15, 0.2) is 5.43 Å². The lowest BCUT2D eigenvalue weighted by Gasteiger charge is -2.12. The summed E-state index contributed by atoms with van der Waals surface area (Å²) in [5.74, 6) is -1.33. The molecule has 0 unspecified atom stereocenters. The summed E-state index contributed by atoms with van der Waals surface area (Å²) in [6.07, 6.45) is 0.974. The van der Waals surface area contributed by atoms with Gasteiger partial charge in [-0.3, -0.25) is 14.3 Å². The lowest BCUT2D eigenvalue weighted by Crippen LogP contribution is -2.19. The summed E-state index contributed by atoms with van der Waals surface area (Å²) in [4.78, 5) is 27.6. The normalized spacial score (nSPS) is 11.4. The van der Waals surface area contributed by atoms with Crippen LogP contribution in [-0.4, -0.2) is 25.6 Å². The van der Waals surface area contributed by atoms with Gasteiger partial charge < -0.3 is 10.3 Å². The second-order valence-electron chi connectivity index (χ2n) is 6.04. The average Bonchev–Trinajstić information content (AvgIpc) is 2.57. The van der Waals surface area contributed by atoms with Gasteiger partial charge in [0.1, 0.15) is 11.5 Å². The van der Waals surface area contributed by atoms with Crippen molar-refractivity contribution < 1.29 is 17.6 Å². The van der Waals surface area contributed by atoms with Gasteiger partial charge in [-0.25, -0.2) is 12.8 Å². The third kappa shape index (κ3) is 3.98. The number of H-pyrrole nitrogens is 1. The highest BCUT2D eigenvalue weighted by Crippen LogP contribution is 2.22. The molecule has 0 aliphatic carbocycles. The highest BCUT2D eigenvalue weighted by molar-refractivity contribution is 7.92. The van der Waals surface area contributed by atoms with Crippen LogP contribution in [0, 0.1) is 12.7 Å². The van der Waals surface area contributed by atoms with Gasteiger partial charge in [-0.05, 0) is 30.7 Å². The largest absolute Gasteiger partial charge is 0.349 e. The molecule has 2 aromatic carbocycles. The van der Waals surface area contributed by atoms with E-state index in [9.17, 15) is 22.4 Å². The SMILES string of the molecule is Cc1cccc(F)c1NC(=O)c1cc(=O)c2cccc(NS(C)(=O)=O)c2[nH]1. The number of aryl methyl sites for hydroxylation is 1. The maximum Gasteiger partial charge on any atom is 0.272 e. The Morgan fingerprint density at radius 3 is 2.52 bits per heavy atom. The number of aromatic amines is 1. The number of sulfonamides is 1. The molecule has 0 radical (unpaired) electrons. The summed E-state index contributed by atoms with van der Waals surface area (Å²) in [6.45, 7) is 1.63. The molecule has 140 valence electrons. The number of amides is 1. The highest BCUT2D eigenvalue weighted by atomic mass is 32.2. The van der Waals surface area contributed by atoms with Gasteiger partial charge in [-0.15, -0.1) is 0 Å². The minimum atomic E-state index is -3.60. The van der Waals surface area contributed by atoms with Gasteiger partial charge in [-0.2, -0.15) is 0 Å². The van der Waals surface area contributed by atoms with E-state index >= 15 is 0 Å². The molecular formula is C18H16FN3O4S. The number of pyridine rings is 1. The Labute approximate surface area is 154 Å². The molecule has 1 aromatic heterocycles. The van der Waals surface area contributed by atoms with Crippen molar-refractivity contribution in [2.75, 3.05) is 16.3 Å². The Hall–Kier alpha value is -3.20. The van der Waals surface area contributed by atoms with E-state index in [4.69, 9.17) is 0 Å². The molecule has 3 rings (SSSR count). The minimum Gasteiger partial charge on any atom is -0.349 e. The summed E-state index contributed by atoms with van der Waals surface area (Å²) >= 11 is 0. The number of fused-ring (bicyclic) bond motifs is 1. The van der Waals surface area contributed by atoms with Crippen molar-refractivity contribution >= 4 is 38.2 Å². The highest BCUT2D eigenvalue weighted by Gasteiger charge is 2.15. The smallest absolute Gasteiger partial charge is 0.272 e. The maximum absolute atomic E-state index is 13.9. The van der Waals surface area contributed by atoms with Crippen molar-refractivity contribution in [3.63, 3.8) is 0 Å². The third-order valence-electron chi connectivity index (χ3n) is 3.87. The predicted molar refractivity (Wildman–Crippen MR) is 102 cm³/mol. The molecule has 0 saturated carbocycles. The van der Waals surface area contributed by atoms with Crippen molar-refractivity contribution in [3.05, 3.63) is 69.8 Å². The minimum absolute atomic E-state index is 0.00555. The third-order valence-corrected chi connectivity index (χ3v) is 4.46. The van der Waals surface area contributed by atoms with Gasteiger partial charge in [-0.1, -0.05) is 18.2 Å². The number of rotatable bonds is 4. The van der Waals surface area contributed by atoms with Crippen molar-refractivity contribution in [2.24, 2.45) is 0 Å². The molecule has 0 saturated heterocycles. The van der Waals surface area contributed by atoms with E-state index < -0.39 is 27.2 Å². The first-order chi connectivity index (χ1) is 12.7. The van der Waals surface area contributed by atoms with E-state index in [0.29, 0.717) is 5.56 Å². The van der Waals surface area contributed by atoms with E-state index in [1.807, 2.05) is 0 Å². The average molecular weight is 389 g/mol. The van der Waals surface area contributed by atoms with Crippen molar-refractivity contribution in [1.82, 2.24) is 4.98 Å². The predicted octanol–water partition coefficient (Wildman–Crippen LogP) is 2.60. The van der Waals surface area contributed by atoms with Crippen LogP contribution in [0.2, 0.25) is 0 Å². The number of hydrogen-bond acceptors (Lipinski definition) is 4. The molecule has 0 atom stereocenters. The van der Waals surface area contributed by atoms with Crippen LogP contribution in [0.25, 0.3) is 10.9 Å². The fraction of sp³-hybridized carbons (Fsp3) is 0.111. The van der Waals surface area contributed by atoms with Gasteiger partial charge in [0, 0.05) is 11.5 Å². The summed E-state index contributed by atoms with van der Waals surface area (Å²) in [5, 5.41) is 2.64. The van der Waals surface area contributed by atoms with Crippen LogP contribution in [-0.2, 0) is 10.0 Å². The molecule has 7 nitrogen and oxygen atoms in total. The van der Waals surface area contributed by atoms with Crippen LogP contribution in [0.15, 0.2) is 47.3 Å². The fourth-order valence-electron chi connectivity index (χ4n) is 2.65. The number of anilines is 2. The zero-order chi connectivity index (χ0) is 19.8. The Kier molecular flexibility index (Phi) is 4.71. The molecule has 0 fully saturated rings. The molecule has 3 N–H and O–H groups in total. The second-order valence-corrected chi connectivity index (χ2v) is 7.78. The number of carbonyl (C=O) groups is 1. The van der Waals surface area contributed by atoms with Crippen LogP contribution >= 0.6 is 0 Å². The number of nitrogens with one attached hydrogen (secondary N) is 3. The molecule has 0 aliphatic rings. The topological polar surface area (TPSA) is 108 Å². The van der Waals surface area contributed by atoms with E-state index in [2.05, 4.69) is 15.0 Å². The lowest BCUT2D eigenvalue weighted by atomic mass is 10.1. The standard InChI is InChI=1S/C18H16FN3O4S/c1-10-5-3-7-12(19)16(10)21-18(24)14-9-15(23)11-6-4-8-13(17(11)20-14)22-27(2,25)26/h3-9,22H,1-2H3,(H,20,23)(H,21,24). The number of carbonyl (C=O) groups excluding carboxylic acids is 1. The van der Waals surface area contributed by atoms with Crippen LogP contribution in [0.3, 0.4) is 0 Å². The quantitative estimate of drug-likeness (QED) is 0.637. The molecule has 3 aromatic rings. The Morgan fingerprint density at radius 2 is 1.85 bits per heavy atom. The van der Waals surface area contributed by atoms with Crippen LogP contribution < -0.4 is 15.5 Å². The molecule has 1 heterocycles. The first-order valence-electron chi connectivity index (χ1n) is 7.86. The van der Waals surface area contributed by atoms with E-state index in [1.165, 1.54) is 30.3 Å². The molecule has 9 heteroatoms. The lowest BCUT2D eigenvalue weighted by molar-refractivity contribution is 0.102. The van der Waals surface area contributed by atoms with Gasteiger partial charge >= 0.3 is 0 Å². The zero-order valence-corrected chi connectivity index (χ0v) is 15.3. The molecular weight excluding hydrogens is 373 g/mol. The van der Waals surface area contributed by atoms with Crippen molar-refractivity contribution in [3.8, 4) is 0 Å². The second kappa shape index (κ2) is 6.84. The van der Waals surface area contributed by atoms with Crippen LogP contribution in [0.1, 0.15) is 16.1 Å². The van der Waals surface area contributed by atoms with E-state index in [1.54, 1.807) is 13.0 Å². The van der Waals surface area contributed by atoms with Gasteiger partial charge in [0.2, 0.25) is 10.0 Å². The molecule has 27 heavy (non-hydrogen) atoms. The molecule has 0 bridgehead atoms. The maximum atomic E-state index is 13.9. The monoisotopic (exact) mass is 389 g/mol. The van der Waals surface area contributed by atoms with Crippen molar-refractivity contribution in [1.29, 1.82) is 0 Å². The summed E-state index contributed by atoms with van der Waals surface area (Å²) in [5.41, 5.74) is 0.209. The number of benzene rings is 2. The van der Waals surface area contributed by atoms with Gasteiger partial charge in [0.25, 0.3) is 5.91 Å². The number of para-hydroxylation sites is 2. The Morgan fingerprint density at radius 1 is 1.15 bits per heavy atom. The Balaban J connectivity index is 2.08. The zero-order valence-electron chi connectivity index (χ0n) is 14.5. The number of halogens is 1. The first kappa shape index (κ1) is 18.6.